The quantitative estimate of drug-likeness (QED) is 0.842. The number of hydrogen-bond acceptors (Lipinski definition) is 3. The van der Waals surface area contributed by atoms with E-state index in [1.807, 2.05) is 24.3 Å². The summed E-state index contributed by atoms with van der Waals surface area (Å²) in [5.41, 5.74) is 2.02. The van der Waals surface area contributed by atoms with E-state index in [1.54, 1.807) is 0 Å². The van der Waals surface area contributed by atoms with Gasteiger partial charge in [-0.15, -0.1) is 0 Å². The van der Waals surface area contributed by atoms with E-state index >= 15 is 0 Å². The fourth-order valence-corrected chi connectivity index (χ4v) is 2.31. The lowest BCUT2D eigenvalue weighted by atomic mass is 10.0. The van der Waals surface area contributed by atoms with Crippen molar-refractivity contribution in [3.63, 3.8) is 0 Å². The molecule has 2 N–H and O–H groups in total. The van der Waals surface area contributed by atoms with Crippen molar-refractivity contribution >= 4 is 5.69 Å². The van der Waals surface area contributed by atoms with E-state index in [9.17, 15) is 5.11 Å². The van der Waals surface area contributed by atoms with Crippen LogP contribution in [-0.2, 0) is 11.3 Å². The first-order chi connectivity index (χ1) is 8.33. The van der Waals surface area contributed by atoms with E-state index in [0.29, 0.717) is 12.1 Å². The average Bonchev–Trinajstić information content (AvgIpc) is 2.39. The van der Waals surface area contributed by atoms with Crippen LogP contribution in [0.15, 0.2) is 24.3 Å². The summed E-state index contributed by atoms with van der Waals surface area (Å²) in [6, 6.07) is 8.40. The van der Waals surface area contributed by atoms with Crippen LogP contribution in [0, 0.1) is 0 Å². The molecule has 1 fully saturated rings. The number of aliphatic hydroxyl groups is 1. The van der Waals surface area contributed by atoms with Gasteiger partial charge in [-0.05, 0) is 25.3 Å². The second-order valence-corrected chi connectivity index (χ2v) is 4.58. The molecule has 0 spiro atoms. The van der Waals surface area contributed by atoms with E-state index in [-0.39, 0.29) is 6.61 Å². The average molecular weight is 235 g/mol. The van der Waals surface area contributed by atoms with Gasteiger partial charge in [-0.1, -0.05) is 25.1 Å². The van der Waals surface area contributed by atoms with Gasteiger partial charge in [-0.2, -0.15) is 0 Å². The van der Waals surface area contributed by atoms with Gasteiger partial charge in [-0.25, -0.2) is 0 Å². The molecule has 2 atom stereocenters. The highest BCUT2D eigenvalue weighted by molar-refractivity contribution is 5.51. The summed E-state index contributed by atoms with van der Waals surface area (Å²) in [5, 5.41) is 12.8. The van der Waals surface area contributed by atoms with Crippen LogP contribution in [0.25, 0.3) is 0 Å². The normalized spacial score (nSPS) is 24.6. The Bertz CT molecular complexity index is 354. The van der Waals surface area contributed by atoms with Crippen LogP contribution < -0.4 is 5.32 Å². The first-order valence-electron chi connectivity index (χ1n) is 6.40. The summed E-state index contributed by atoms with van der Waals surface area (Å²) in [4.78, 5) is 0. The van der Waals surface area contributed by atoms with Crippen molar-refractivity contribution in [1.82, 2.24) is 0 Å². The Morgan fingerprint density at radius 3 is 3.00 bits per heavy atom. The van der Waals surface area contributed by atoms with Crippen LogP contribution in [0.5, 0.6) is 0 Å². The predicted octanol–water partition coefficient (Wildman–Crippen LogP) is 2.55. The fraction of sp³-hybridized carbons (Fsp3) is 0.571. The van der Waals surface area contributed by atoms with Crippen LogP contribution in [0.2, 0.25) is 0 Å². The zero-order valence-electron chi connectivity index (χ0n) is 10.4. The maximum Gasteiger partial charge on any atom is 0.0701 e. The zero-order valence-corrected chi connectivity index (χ0v) is 10.4. The number of nitrogens with one attached hydrogen (secondary N) is 1. The summed E-state index contributed by atoms with van der Waals surface area (Å²) >= 11 is 0. The second kappa shape index (κ2) is 6.03. The molecule has 2 rings (SSSR count). The van der Waals surface area contributed by atoms with Crippen LogP contribution in [0.4, 0.5) is 5.69 Å². The van der Waals surface area contributed by atoms with E-state index in [2.05, 4.69) is 12.2 Å². The first-order valence-corrected chi connectivity index (χ1v) is 6.40. The monoisotopic (exact) mass is 235 g/mol. The molecule has 0 aliphatic carbocycles. The Morgan fingerprint density at radius 2 is 2.24 bits per heavy atom. The van der Waals surface area contributed by atoms with Gasteiger partial charge in [0.2, 0.25) is 0 Å². The summed E-state index contributed by atoms with van der Waals surface area (Å²) in [6.45, 7) is 3.08. The molecule has 1 aliphatic heterocycles. The highest BCUT2D eigenvalue weighted by Gasteiger charge is 2.21. The largest absolute Gasteiger partial charge is 0.392 e. The van der Waals surface area contributed by atoms with E-state index in [4.69, 9.17) is 4.74 Å². The SMILES string of the molecule is CCC1CC(Nc2ccccc2CO)CCO1. The number of benzene rings is 1. The molecule has 1 aromatic rings. The Balaban J connectivity index is 2.00. The van der Waals surface area contributed by atoms with Gasteiger partial charge < -0.3 is 15.2 Å². The number of hydrogen-bond donors (Lipinski definition) is 2. The van der Waals surface area contributed by atoms with Gasteiger partial charge in [0.05, 0.1) is 12.7 Å². The molecule has 0 aromatic heterocycles. The number of para-hydroxylation sites is 1. The number of ether oxygens (including phenoxy) is 1. The molecule has 0 saturated carbocycles. The fourth-order valence-electron chi connectivity index (χ4n) is 2.31. The van der Waals surface area contributed by atoms with Crippen molar-refractivity contribution in [2.45, 2.75) is 44.9 Å². The van der Waals surface area contributed by atoms with Gasteiger partial charge in [0.1, 0.15) is 0 Å². The minimum absolute atomic E-state index is 0.0869. The van der Waals surface area contributed by atoms with Crippen LogP contribution in [0.3, 0.4) is 0 Å². The minimum atomic E-state index is 0.0869. The van der Waals surface area contributed by atoms with Gasteiger partial charge in [-0.3, -0.25) is 0 Å². The molecule has 0 bridgehead atoms. The lowest BCUT2D eigenvalue weighted by Gasteiger charge is -2.30. The van der Waals surface area contributed by atoms with E-state index in [0.717, 1.165) is 37.1 Å². The number of anilines is 1. The third-order valence-corrected chi connectivity index (χ3v) is 3.37. The van der Waals surface area contributed by atoms with E-state index < -0.39 is 0 Å². The predicted molar refractivity (Wildman–Crippen MR) is 69.0 cm³/mol. The maximum absolute atomic E-state index is 9.28. The lowest BCUT2D eigenvalue weighted by molar-refractivity contribution is 0.00924. The number of rotatable bonds is 4. The second-order valence-electron chi connectivity index (χ2n) is 4.58. The van der Waals surface area contributed by atoms with Crippen molar-refractivity contribution in [3.05, 3.63) is 29.8 Å². The van der Waals surface area contributed by atoms with Crippen LogP contribution in [0.1, 0.15) is 31.7 Å². The summed E-state index contributed by atoms with van der Waals surface area (Å²) in [6.07, 6.45) is 3.54. The molecular formula is C14H21NO2. The minimum Gasteiger partial charge on any atom is -0.392 e. The maximum atomic E-state index is 9.28. The Hall–Kier alpha value is -1.06. The molecular weight excluding hydrogens is 214 g/mol. The van der Waals surface area contributed by atoms with Gasteiger partial charge in [0.25, 0.3) is 0 Å². The first kappa shape index (κ1) is 12.4. The summed E-state index contributed by atoms with van der Waals surface area (Å²) in [7, 11) is 0. The van der Waals surface area contributed by atoms with Crippen molar-refractivity contribution < 1.29 is 9.84 Å². The molecule has 1 saturated heterocycles. The number of aliphatic hydroxyl groups excluding tert-OH is 1. The molecule has 0 amide bonds. The van der Waals surface area contributed by atoms with Crippen molar-refractivity contribution in [1.29, 1.82) is 0 Å². The molecule has 0 radical (unpaired) electrons. The Kier molecular flexibility index (Phi) is 4.40. The van der Waals surface area contributed by atoms with Crippen molar-refractivity contribution in [3.8, 4) is 0 Å². The lowest BCUT2D eigenvalue weighted by Crippen LogP contribution is -2.33. The third kappa shape index (κ3) is 3.20. The van der Waals surface area contributed by atoms with Crippen LogP contribution in [-0.4, -0.2) is 23.9 Å². The van der Waals surface area contributed by atoms with E-state index in [1.165, 1.54) is 0 Å². The molecule has 1 heterocycles. The van der Waals surface area contributed by atoms with Crippen molar-refractivity contribution in [2.75, 3.05) is 11.9 Å². The summed E-state index contributed by atoms with van der Waals surface area (Å²) in [5.74, 6) is 0. The Morgan fingerprint density at radius 1 is 1.41 bits per heavy atom. The highest BCUT2D eigenvalue weighted by Crippen LogP contribution is 2.22. The molecule has 3 heteroatoms. The van der Waals surface area contributed by atoms with Crippen molar-refractivity contribution in [2.24, 2.45) is 0 Å². The molecule has 1 aromatic carbocycles. The third-order valence-electron chi connectivity index (χ3n) is 3.37. The van der Waals surface area contributed by atoms with Gasteiger partial charge in [0, 0.05) is 23.9 Å². The molecule has 3 nitrogen and oxygen atoms in total. The summed E-state index contributed by atoms with van der Waals surface area (Å²) < 4.78 is 5.66. The smallest absolute Gasteiger partial charge is 0.0701 e. The topological polar surface area (TPSA) is 41.5 Å². The zero-order chi connectivity index (χ0) is 12.1. The molecule has 17 heavy (non-hydrogen) atoms. The Labute approximate surface area is 103 Å². The highest BCUT2D eigenvalue weighted by atomic mass is 16.5. The standard InChI is InChI=1S/C14H21NO2/c1-2-13-9-12(7-8-17-13)15-14-6-4-3-5-11(14)10-16/h3-6,12-13,15-16H,2,7-10H2,1H3. The molecule has 94 valence electrons. The van der Waals surface area contributed by atoms with Gasteiger partial charge >= 0.3 is 0 Å². The molecule has 1 aliphatic rings. The van der Waals surface area contributed by atoms with Crippen LogP contribution >= 0.6 is 0 Å². The molecule has 2 unspecified atom stereocenters. The van der Waals surface area contributed by atoms with Gasteiger partial charge in [0.15, 0.2) is 0 Å².